The molecule has 1 N–H and O–H groups in total. The minimum absolute atomic E-state index is 0.0367. The highest BCUT2D eigenvalue weighted by Crippen LogP contribution is 2.32. The number of aromatic nitrogens is 3. The molecule has 196 valence electrons. The third kappa shape index (κ3) is 5.67. The Morgan fingerprint density at radius 2 is 1.75 bits per heavy atom. The lowest BCUT2D eigenvalue weighted by Crippen LogP contribution is -2.53. The van der Waals surface area contributed by atoms with E-state index in [1.54, 1.807) is 12.1 Å². The number of aliphatic carboxylic acids is 1. The fraction of sp³-hybridized carbons (Fsp3) is 0.565. The standard InChI is InChI=1S/C21H25FN4O3.C2HF3O2/c22-16-7-5-15(6-8-16)11-24-10-9-21(13-24)14-25-18(12-29-21)23-26(20(28)19(25)27)17-3-1-2-4-17;3-2(4,5)1(6)7/h5-8,17H,1-4,9-14H2;(H,6,7). The Morgan fingerprint density at radius 3 is 2.36 bits per heavy atom. The molecule has 2 fully saturated rings. The van der Waals surface area contributed by atoms with Crippen LogP contribution < -0.4 is 11.1 Å². The molecule has 1 spiro atoms. The Bertz CT molecular complexity index is 1220. The number of benzene rings is 1. The maximum absolute atomic E-state index is 13.1. The average Bonchev–Trinajstić information content (AvgIpc) is 3.49. The van der Waals surface area contributed by atoms with Crippen LogP contribution in [0.2, 0.25) is 0 Å². The Morgan fingerprint density at radius 1 is 1.11 bits per heavy atom. The molecule has 1 saturated heterocycles. The highest BCUT2D eigenvalue weighted by atomic mass is 19.4. The van der Waals surface area contributed by atoms with Crippen molar-refractivity contribution < 1.29 is 32.2 Å². The van der Waals surface area contributed by atoms with Gasteiger partial charge < -0.3 is 9.84 Å². The molecule has 0 radical (unpaired) electrons. The van der Waals surface area contributed by atoms with E-state index in [0.29, 0.717) is 25.5 Å². The van der Waals surface area contributed by atoms with Crippen molar-refractivity contribution in [2.45, 2.75) is 69.6 Å². The molecule has 13 heteroatoms. The molecule has 5 rings (SSSR count). The molecule has 1 aliphatic carbocycles. The van der Waals surface area contributed by atoms with Crippen LogP contribution in [0.25, 0.3) is 0 Å². The summed E-state index contributed by atoms with van der Waals surface area (Å²) < 4.78 is 54.0. The zero-order valence-corrected chi connectivity index (χ0v) is 19.3. The van der Waals surface area contributed by atoms with E-state index in [-0.39, 0.29) is 18.5 Å². The summed E-state index contributed by atoms with van der Waals surface area (Å²) in [6, 6.07) is 6.55. The van der Waals surface area contributed by atoms with Crippen LogP contribution in [0.15, 0.2) is 33.9 Å². The number of alkyl halides is 3. The Hall–Kier alpha value is -3.06. The number of likely N-dealkylation sites (tertiary alicyclic amines) is 1. The van der Waals surface area contributed by atoms with Crippen molar-refractivity contribution in [1.82, 2.24) is 19.2 Å². The second-order valence-corrected chi connectivity index (χ2v) is 9.36. The van der Waals surface area contributed by atoms with Crippen molar-refractivity contribution in [1.29, 1.82) is 0 Å². The first-order valence-corrected chi connectivity index (χ1v) is 11.6. The first-order chi connectivity index (χ1) is 17.0. The monoisotopic (exact) mass is 514 g/mol. The number of nitrogens with zero attached hydrogens (tertiary/aromatic N) is 4. The number of carbonyl (C=O) groups is 1. The van der Waals surface area contributed by atoms with E-state index < -0.39 is 28.9 Å². The van der Waals surface area contributed by atoms with E-state index in [2.05, 4.69) is 10.00 Å². The molecule has 9 nitrogen and oxygen atoms in total. The van der Waals surface area contributed by atoms with Crippen LogP contribution in [0.5, 0.6) is 0 Å². The van der Waals surface area contributed by atoms with Crippen LogP contribution in [-0.4, -0.2) is 55.2 Å². The average molecular weight is 514 g/mol. The minimum atomic E-state index is -5.08. The number of halogens is 4. The van der Waals surface area contributed by atoms with E-state index >= 15 is 0 Å². The third-order valence-electron chi connectivity index (χ3n) is 6.75. The number of ether oxygens (including phenoxy) is 1. The number of fused-ring (bicyclic) bond motifs is 1. The molecular formula is C23H26F4N4O5. The zero-order valence-electron chi connectivity index (χ0n) is 19.3. The summed E-state index contributed by atoms with van der Waals surface area (Å²) >= 11 is 0. The molecule has 1 aromatic heterocycles. The number of carboxylic acids is 1. The normalized spacial score (nSPS) is 22.3. The van der Waals surface area contributed by atoms with Gasteiger partial charge in [0, 0.05) is 19.6 Å². The summed E-state index contributed by atoms with van der Waals surface area (Å²) in [7, 11) is 0. The van der Waals surface area contributed by atoms with Gasteiger partial charge in [0.05, 0.1) is 12.6 Å². The molecular weight excluding hydrogens is 488 g/mol. The van der Waals surface area contributed by atoms with E-state index in [1.807, 2.05) is 0 Å². The molecule has 0 amide bonds. The van der Waals surface area contributed by atoms with Crippen molar-refractivity contribution in [3.8, 4) is 0 Å². The van der Waals surface area contributed by atoms with Crippen molar-refractivity contribution in [2.24, 2.45) is 0 Å². The summed E-state index contributed by atoms with van der Waals surface area (Å²) in [6.45, 7) is 2.80. The first-order valence-electron chi connectivity index (χ1n) is 11.6. The number of carboxylic acid groups (broad SMARTS) is 1. The summed E-state index contributed by atoms with van der Waals surface area (Å²) in [4.78, 5) is 36.6. The van der Waals surface area contributed by atoms with E-state index in [1.165, 1.54) is 21.4 Å². The molecule has 2 aliphatic heterocycles. The van der Waals surface area contributed by atoms with Gasteiger partial charge in [-0.25, -0.2) is 13.9 Å². The predicted molar refractivity (Wildman–Crippen MR) is 118 cm³/mol. The molecule has 3 aliphatic rings. The summed E-state index contributed by atoms with van der Waals surface area (Å²) in [6.07, 6.45) is -0.356. The Kier molecular flexibility index (Phi) is 7.32. The van der Waals surface area contributed by atoms with Gasteiger partial charge in [0.2, 0.25) is 0 Å². The van der Waals surface area contributed by atoms with Gasteiger partial charge in [-0.1, -0.05) is 25.0 Å². The fourth-order valence-electron chi connectivity index (χ4n) is 4.93. The SMILES string of the molecule is O=C(O)C(F)(F)F.O=c1c(=O)n2c(nn1C1CCCC1)COC1(CCN(Cc3ccc(F)cc3)C1)C2. The smallest absolute Gasteiger partial charge is 0.475 e. The van der Waals surface area contributed by atoms with Crippen molar-refractivity contribution in [3.63, 3.8) is 0 Å². The largest absolute Gasteiger partial charge is 0.490 e. The molecule has 2 aromatic rings. The van der Waals surface area contributed by atoms with E-state index in [4.69, 9.17) is 14.6 Å². The summed E-state index contributed by atoms with van der Waals surface area (Å²) in [5.74, 6) is -2.45. The lowest BCUT2D eigenvalue weighted by atomic mass is 10.0. The first kappa shape index (κ1) is 26.0. The van der Waals surface area contributed by atoms with Crippen molar-refractivity contribution in [2.75, 3.05) is 13.1 Å². The Balaban J connectivity index is 0.000000384. The quantitative estimate of drug-likeness (QED) is 0.496. The van der Waals surface area contributed by atoms with Gasteiger partial charge in [-0.15, -0.1) is 0 Å². The van der Waals surface area contributed by atoms with Crippen molar-refractivity contribution in [3.05, 3.63) is 62.2 Å². The van der Waals surface area contributed by atoms with Gasteiger partial charge in [-0.3, -0.25) is 19.1 Å². The molecule has 1 unspecified atom stereocenters. The van der Waals surface area contributed by atoms with Crippen LogP contribution in [0.3, 0.4) is 0 Å². The molecule has 1 aromatic carbocycles. The second kappa shape index (κ2) is 10.1. The van der Waals surface area contributed by atoms with Gasteiger partial charge in [0.25, 0.3) is 0 Å². The van der Waals surface area contributed by atoms with Gasteiger partial charge in [0.15, 0.2) is 5.82 Å². The lowest BCUT2D eigenvalue weighted by Gasteiger charge is -2.35. The van der Waals surface area contributed by atoms with Crippen LogP contribution in [0, 0.1) is 5.82 Å². The van der Waals surface area contributed by atoms with Crippen LogP contribution >= 0.6 is 0 Å². The Labute approximate surface area is 202 Å². The van der Waals surface area contributed by atoms with Gasteiger partial charge in [-0.2, -0.15) is 18.3 Å². The fourth-order valence-corrected chi connectivity index (χ4v) is 4.93. The predicted octanol–water partition coefficient (Wildman–Crippen LogP) is 2.47. The van der Waals surface area contributed by atoms with Gasteiger partial charge >= 0.3 is 23.3 Å². The maximum atomic E-state index is 13.1. The summed E-state index contributed by atoms with van der Waals surface area (Å²) in [5, 5.41) is 11.6. The number of hydrogen-bond acceptors (Lipinski definition) is 6. The third-order valence-corrected chi connectivity index (χ3v) is 6.75. The topological polar surface area (TPSA) is 107 Å². The molecule has 1 atom stereocenters. The number of rotatable bonds is 3. The molecule has 36 heavy (non-hydrogen) atoms. The van der Waals surface area contributed by atoms with Crippen LogP contribution in [0.4, 0.5) is 17.6 Å². The van der Waals surface area contributed by atoms with Crippen molar-refractivity contribution >= 4 is 5.97 Å². The molecule has 0 bridgehead atoms. The van der Waals surface area contributed by atoms with Gasteiger partial charge in [-0.05, 0) is 37.0 Å². The summed E-state index contributed by atoms with van der Waals surface area (Å²) in [5.41, 5.74) is -0.441. The number of hydrogen-bond donors (Lipinski definition) is 1. The van der Waals surface area contributed by atoms with E-state index in [0.717, 1.165) is 44.2 Å². The van der Waals surface area contributed by atoms with Crippen LogP contribution in [-0.2, 0) is 29.2 Å². The molecule has 1 saturated carbocycles. The second-order valence-electron chi connectivity index (χ2n) is 9.36. The van der Waals surface area contributed by atoms with Gasteiger partial charge in [0.1, 0.15) is 18.0 Å². The van der Waals surface area contributed by atoms with E-state index in [9.17, 15) is 27.2 Å². The maximum Gasteiger partial charge on any atom is 0.490 e. The lowest BCUT2D eigenvalue weighted by molar-refractivity contribution is -0.192. The zero-order chi connectivity index (χ0) is 26.1. The highest BCUT2D eigenvalue weighted by molar-refractivity contribution is 5.73. The molecule has 3 heterocycles. The van der Waals surface area contributed by atoms with Crippen LogP contribution in [0.1, 0.15) is 49.5 Å². The highest BCUT2D eigenvalue weighted by Gasteiger charge is 2.43. The minimum Gasteiger partial charge on any atom is -0.475 e.